The molecule has 2 aromatic rings. The molecule has 0 fully saturated rings. The van der Waals surface area contributed by atoms with Crippen LogP contribution < -0.4 is 3.61 Å². The monoisotopic (exact) mass is 410 g/mol. The summed E-state index contributed by atoms with van der Waals surface area (Å²) in [4.78, 5) is 0. The molecule has 0 radical (unpaired) electrons. The van der Waals surface area contributed by atoms with Gasteiger partial charge in [0, 0.05) is 0 Å². The van der Waals surface area contributed by atoms with Crippen LogP contribution >= 0.6 is 0 Å². The zero-order valence-corrected chi connectivity index (χ0v) is 14.8. The number of ether oxygens (including phenoxy) is 2. The summed E-state index contributed by atoms with van der Waals surface area (Å²) in [6, 6.07) is 20.8. The molecule has 114 valence electrons. The Morgan fingerprint density at radius 2 is 1.68 bits per heavy atom. The summed E-state index contributed by atoms with van der Waals surface area (Å²) >= 11 is -0.267. The van der Waals surface area contributed by atoms with Crippen molar-refractivity contribution in [2.75, 3.05) is 13.2 Å². The van der Waals surface area contributed by atoms with Crippen LogP contribution in [0, 0.1) is 12.3 Å². The molecule has 1 atom stereocenters. The molecule has 0 aromatic heterocycles. The zero-order valence-electron chi connectivity index (χ0n) is 12.5. The minimum atomic E-state index is -0.267. The third kappa shape index (κ3) is 6.65. The van der Waals surface area contributed by atoms with Crippen molar-refractivity contribution in [2.24, 2.45) is 0 Å². The van der Waals surface area contributed by atoms with Crippen LogP contribution in [0.15, 0.2) is 60.7 Å². The molecule has 0 heterocycles. The summed E-state index contributed by atoms with van der Waals surface area (Å²) in [5, 5.41) is 0. The first kappa shape index (κ1) is 17.1. The van der Waals surface area contributed by atoms with Crippen molar-refractivity contribution < 1.29 is 9.47 Å². The van der Waals surface area contributed by atoms with Crippen LogP contribution in [0.5, 0.6) is 0 Å². The van der Waals surface area contributed by atoms with Crippen molar-refractivity contribution in [1.82, 2.24) is 0 Å². The number of terminal acetylenes is 1. The Morgan fingerprint density at radius 1 is 1.00 bits per heavy atom. The molecule has 2 nitrogen and oxygen atoms in total. The molecule has 2 rings (SSSR count). The predicted molar refractivity (Wildman–Crippen MR) is 91.3 cm³/mol. The van der Waals surface area contributed by atoms with E-state index in [1.165, 1.54) is 9.17 Å². The maximum atomic E-state index is 5.79. The number of hydrogen-bond donors (Lipinski definition) is 0. The fourth-order valence-electron chi connectivity index (χ4n) is 1.90. The average molecular weight is 408 g/mol. The number of hydrogen-bond acceptors (Lipinski definition) is 2. The molecule has 0 N–H and O–H groups in total. The molecule has 3 heteroatoms. The van der Waals surface area contributed by atoms with Gasteiger partial charge in [-0.05, 0) is 0 Å². The summed E-state index contributed by atoms with van der Waals surface area (Å²) in [6.07, 6.45) is 5.38. The van der Waals surface area contributed by atoms with Gasteiger partial charge in [0.1, 0.15) is 0 Å². The number of rotatable bonds is 9. The molecule has 0 aliphatic heterocycles. The van der Waals surface area contributed by atoms with E-state index in [-0.39, 0.29) is 27.0 Å². The molecule has 1 unspecified atom stereocenters. The van der Waals surface area contributed by atoms with Gasteiger partial charge in [-0.15, -0.1) is 0 Å². The summed E-state index contributed by atoms with van der Waals surface area (Å²) in [5.74, 6) is 2.54. The van der Waals surface area contributed by atoms with Gasteiger partial charge in [-0.2, -0.15) is 0 Å². The standard InChI is InChI=1S/C19H20O2Te/c1-2-13-21-18(16-22-19-11-7-4-8-12-19)15-20-14-17-9-5-3-6-10-17/h1,3-12,18H,13-16H2. The van der Waals surface area contributed by atoms with E-state index in [2.05, 4.69) is 42.3 Å². The van der Waals surface area contributed by atoms with Gasteiger partial charge in [0.15, 0.2) is 0 Å². The number of benzene rings is 2. The first-order valence-electron chi connectivity index (χ1n) is 7.23. The third-order valence-corrected chi connectivity index (χ3v) is 6.26. The van der Waals surface area contributed by atoms with E-state index in [9.17, 15) is 0 Å². The van der Waals surface area contributed by atoms with Gasteiger partial charge in [0.05, 0.1) is 0 Å². The third-order valence-electron chi connectivity index (χ3n) is 3.00. The summed E-state index contributed by atoms with van der Waals surface area (Å²) < 4.78 is 14.0. The Balaban J connectivity index is 1.77. The van der Waals surface area contributed by atoms with E-state index in [0.29, 0.717) is 19.8 Å². The van der Waals surface area contributed by atoms with E-state index >= 15 is 0 Å². The molecular formula is C19H20O2Te. The molecule has 0 aliphatic rings. The predicted octanol–water partition coefficient (Wildman–Crippen LogP) is 2.67. The summed E-state index contributed by atoms with van der Waals surface area (Å²) in [7, 11) is 0. The Hall–Kier alpha value is -1.29. The van der Waals surface area contributed by atoms with Crippen molar-refractivity contribution in [3.8, 4) is 12.3 Å². The molecular weight excluding hydrogens is 388 g/mol. The maximum absolute atomic E-state index is 5.79. The van der Waals surface area contributed by atoms with E-state index in [1.54, 1.807) is 0 Å². The van der Waals surface area contributed by atoms with Crippen molar-refractivity contribution in [1.29, 1.82) is 0 Å². The SMILES string of the molecule is C#CCOC(COCc1ccccc1)C[Te]c1ccccc1. The van der Waals surface area contributed by atoms with Gasteiger partial charge < -0.3 is 0 Å². The second kappa shape index (κ2) is 10.4. The van der Waals surface area contributed by atoms with Gasteiger partial charge in [-0.25, -0.2) is 0 Å². The van der Waals surface area contributed by atoms with E-state index in [4.69, 9.17) is 15.9 Å². The molecule has 22 heavy (non-hydrogen) atoms. The first-order valence-corrected chi connectivity index (χ1v) is 10.0. The molecule has 2 aromatic carbocycles. The van der Waals surface area contributed by atoms with Crippen LogP contribution in [0.1, 0.15) is 5.56 Å². The molecule has 0 aliphatic carbocycles. The fraction of sp³-hybridized carbons (Fsp3) is 0.263. The second-order valence-corrected chi connectivity index (χ2v) is 7.88. The van der Waals surface area contributed by atoms with Crippen LogP contribution in [0.4, 0.5) is 0 Å². The Morgan fingerprint density at radius 3 is 2.36 bits per heavy atom. The van der Waals surface area contributed by atoms with Crippen molar-refractivity contribution >= 4 is 24.5 Å². The van der Waals surface area contributed by atoms with Crippen molar-refractivity contribution in [3.05, 3.63) is 66.2 Å². The van der Waals surface area contributed by atoms with Crippen LogP contribution in [0.2, 0.25) is 4.47 Å². The van der Waals surface area contributed by atoms with Crippen LogP contribution in [0.25, 0.3) is 0 Å². The van der Waals surface area contributed by atoms with Gasteiger partial charge in [-0.1, -0.05) is 0 Å². The average Bonchev–Trinajstić information content (AvgIpc) is 2.58. The van der Waals surface area contributed by atoms with Crippen LogP contribution in [0.3, 0.4) is 0 Å². The molecule has 0 saturated carbocycles. The first-order chi connectivity index (χ1) is 10.9. The normalized spacial score (nSPS) is 11.8. The fourth-order valence-corrected chi connectivity index (χ4v) is 4.53. The van der Waals surface area contributed by atoms with Crippen LogP contribution in [-0.4, -0.2) is 40.2 Å². The van der Waals surface area contributed by atoms with Gasteiger partial charge in [0.2, 0.25) is 0 Å². The van der Waals surface area contributed by atoms with E-state index in [1.807, 2.05) is 24.3 Å². The van der Waals surface area contributed by atoms with Crippen molar-refractivity contribution in [2.45, 2.75) is 17.2 Å². The van der Waals surface area contributed by atoms with Crippen LogP contribution in [-0.2, 0) is 16.1 Å². The van der Waals surface area contributed by atoms with E-state index < -0.39 is 0 Å². The summed E-state index contributed by atoms with van der Waals surface area (Å²) in [6.45, 7) is 1.55. The Kier molecular flexibility index (Phi) is 8.10. The van der Waals surface area contributed by atoms with E-state index in [0.717, 1.165) is 4.47 Å². The summed E-state index contributed by atoms with van der Waals surface area (Å²) in [5.41, 5.74) is 1.18. The molecule has 0 spiro atoms. The quantitative estimate of drug-likeness (QED) is 0.470. The molecule has 0 saturated heterocycles. The molecule has 0 amide bonds. The zero-order chi connectivity index (χ0) is 15.5. The van der Waals surface area contributed by atoms with Gasteiger partial charge in [0.25, 0.3) is 0 Å². The Bertz CT molecular complexity index is 563. The van der Waals surface area contributed by atoms with Crippen molar-refractivity contribution in [3.63, 3.8) is 0 Å². The Labute approximate surface area is 142 Å². The van der Waals surface area contributed by atoms with Gasteiger partial charge >= 0.3 is 143 Å². The minimum absolute atomic E-state index is 0.0855. The van der Waals surface area contributed by atoms with Gasteiger partial charge in [-0.3, -0.25) is 0 Å². The molecule has 0 bridgehead atoms. The second-order valence-electron chi connectivity index (χ2n) is 4.76. The topological polar surface area (TPSA) is 18.5 Å².